The zero-order chi connectivity index (χ0) is 14.5. The second-order valence-corrected chi connectivity index (χ2v) is 5.46. The number of nitrogens with one attached hydrogen (secondary N) is 2. The van der Waals surface area contributed by atoms with Crippen LogP contribution in [0.5, 0.6) is 0 Å². The third kappa shape index (κ3) is 3.59. The van der Waals surface area contributed by atoms with Crippen molar-refractivity contribution in [3.8, 4) is 0 Å². The summed E-state index contributed by atoms with van der Waals surface area (Å²) in [6, 6.07) is 0. The molecule has 1 aliphatic rings. The Labute approximate surface area is 118 Å². The number of aromatic amines is 1. The van der Waals surface area contributed by atoms with Crippen LogP contribution in [-0.4, -0.2) is 33.7 Å². The molecule has 0 saturated heterocycles. The van der Waals surface area contributed by atoms with Crippen molar-refractivity contribution in [1.29, 1.82) is 0 Å². The van der Waals surface area contributed by atoms with Crippen LogP contribution in [0, 0.1) is 18.8 Å². The van der Waals surface area contributed by atoms with E-state index >= 15 is 0 Å². The van der Waals surface area contributed by atoms with Gasteiger partial charge in [-0.25, -0.2) is 0 Å². The molecular formula is C14H21N3O3. The summed E-state index contributed by atoms with van der Waals surface area (Å²) in [6.45, 7) is 2.60. The van der Waals surface area contributed by atoms with E-state index in [2.05, 4.69) is 15.5 Å². The van der Waals surface area contributed by atoms with Crippen molar-refractivity contribution in [3.63, 3.8) is 0 Å². The Hall–Kier alpha value is -1.85. The van der Waals surface area contributed by atoms with Crippen LogP contribution in [-0.2, 0) is 16.0 Å². The zero-order valence-electron chi connectivity index (χ0n) is 11.7. The third-order valence-corrected chi connectivity index (χ3v) is 4.01. The highest BCUT2D eigenvalue weighted by molar-refractivity contribution is 5.80. The highest BCUT2D eigenvalue weighted by Gasteiger charge is 2.33. The number of aryl methyl sites for hydroxylation is 2. The second-order valence-electron chi connectivity index (χ2n) is 5.46. The monoisotopic (exact) mass is 279 g/mol. The van der Waals surface area contributed by atoms with E-state index in [4.69, 9.17) is 5.11 Å². The smallest absolute Gasteiger partial charge is 0.306 e. The van der Waals surface area contributed by atoms with Crippen LogP contribution < -0.4 is 5.32 Å². The lowest BCUT2D eigenvalue weighted by molar-refractivity contribution is -0.141. The van der Waals surface area contributed by atoms with Crippen molar-refractivity contribution in [3.05, 3.63) is 17.5 Å². The van der Waals surface area contributed by atoms with E-state index in [1.807, 2.05) is 13.1 Å². The van der Waals surface area contributed by atoms with Crippen molar-refractivity contribution in [1.82, 2.24) is 15.5 Å². The van der Waals surface area contributed by atoms with Gasteiger partial charge in [-0.1, -0.05) is 0 Å². The molecule has 0 aliphatic heterocycles. The fraction of sp³-hybridized carbons (Fsp3) is 0.643. The van der Waals surface area contributed by atoms with Crippen LogP contribution in [0.4, 0.5) is 0 Å². The summed E-state index contributed by atoms with van der Waals surface area (Å²) in [5, 5.41) is 18.7. The number of hydrogen-bond acceptors (Lipinski definition) is 3. The van der Waals surface area contributed by atoms with Gasteiger partial charge in [0.25, 0.3) is 0 Å². The van der Waals surface area contributed by atoms with Gasteiger partial charge in [0, 0.05) is 18.2 Å². The first-order valence-corrected chi connectivity index (χ1v) is 7.07. The lowest BCUT2D eigenvalue weighted by Gasteiger charge is -2.10. The Morgan fingerprint density at radius 2 is 2.20 bits per heavy atom. The second kappa shape index (κ2) is 6.54. The predicted octanol–water partition coefficient (Wildman–Crippen LogP) is 1.27. The van der Waals surface area contributed by atoms with Crippen molar-refractivity contribution in [2.24, 2.45) is 11.8 Å². The molecule has 6 nitrogen and oxygen atoms in total. The van der Waals surface area contributed by atoms with Gasteiger partial charge in [-0.3, -0.25) is 14.7 Å². The Bertz CT molecular complexity index is 484. The molecule has 6 heteroatoms. The van der Waals surface area contributed by atoms with Crippen LogP contribution in [0.1, 0.15) is 36.9 Å². The molecule has 2 atom stereocenters. The number of nitrogens with zero attached hydrogens (tertiary/aromatic N) is 1. The Kier molecular flexibility index (Phi) is 4.76. The van der Waals surface area contributed by atoms with E-state index in [0.29, 0.717) is 25.8 Å². The first kappa shape index (κ1) is 14.6. The molecule has 1 saturated carbocycles. The predicted molar refractivity (Wildman–Crippen MR) is 73.1 cm³/mol. The fourth-order valence-corrected chi connectivity index (χ4v) is 2.71. The Morgan fingerprint density at radius 3 is 2.80 bits per heavy atom. The molecule has 1 aromatic rings. The van der Waals surface area contributed by atoms with Crippen LogP contribution in [0.15, 0.2) is 6.20 Å². The van der Waals surface area contributed by atoms with E-state index in [9.17, 15) is 9.59 Å². The number of rotatable bonds is 6. The van der Waals surface area contributed by atoms with Gasteiger partial charge in [0.2, 0.25) is 5.91 Å². The Balaban J connectivity index is 1.66. The van der Waals surface area contributed by atoms with Gasteiger partial charge in [0.1, 0.15) is 0 Å². The van der Waals surface area contributed by atoms with Gasteiger partial charge in [-0.2, -0.15) is 5.10 Å². The molecule has 0 unspecified atom stereocenters. The van der Waals surface area contributed by atoms with Crippen molar-refractivity contribution in [2.75, 3.05) is 6.54 Å². The van der Waals surface area contributed by atoms with Crippen LogP contribution in [0.3, 0.4) is 0 Å². The molecule has 1 fully saturated rings. The molecular weight excluding hydrogens is 258 g/mol. The number of carboxylic acid groups (broad SMARTS) is 1. The summed E-state index contributed by atoms with van der Waals surface area (Å²) in [7, 11) is 0. The zero-order valence-corrected chi connectivity index (χ0v) is 11.7. The average Bonchev–Trinajstić information content (AvgIpc) is 3.03. The minimum atomic E-state index is -0.782. The summed E-state index contributed by atoms with van der Waals surface area (Å²) >= 11 is 0. The highest BCUT2D eigenvalue weighted by atomic mass is 16.4. The number of aromatic nitrogens is 2. The van der Waals surface area contributed by atoms with Gasteiger partial charge in [0.05, 0.1) is 12.1 Å². The van der Waals surface area contributed by atoms with Gasteiger partial charge < -0.3 is 10.4 Å². The van der Waals surface area contributed by atoms with Gasteiger partial charge in [-0.15, -0.1) is 0 Å². The molecule has 0 radical (unpaired) electrons. The highest BCUT2D eigenvalue weighted by Crippen LogP contribution is 2.31. The number of carbonyl (C=O) groups is 2. The Morgan fingerprint density at radius 1 is 1.45 bits per heavy atom. The van der Waals surface area contributed by atoms with Gasteiger partial charge >= 0.3 is 5.97 Å². The molecule has 1 amide bonds. The quantitative estimate of drug-likeness (QED) is 0.683. The summed E-state index contributed by atoms with van der Waals surface area (Å²) in [5.74, 6) is -1.26. The largest absolute Gasteiger partial charge is 0.481 e. The summed E-state index contributed by atoms with van der Waals surface area (Å²) < 4.78 is 0. The van der Waals surface area contributed by atoms with Gasteiger partial charge in [0.15, 0.2) is 0 Å². The molecule has 0 aromatic carbocycles. The SMILES string of the molecule is Cc1[nH]ncc1CCCNC(=O)[C@@H]1CC[C@H](C(=O)O)C1. The van der Waals surface area contributed by atoms with E-state index < -0.39 is 5.97 Å². The maximum absolute atomic E-state index is 11.9. The molecule has 110 valence electrons. The molecule has 1 aromatic heterocycles. The molecule has 2 rings (SSSR count). The maximum Gasteiger partial charge on any atom is 0.306 e. The van der Waals surface area contributed by atoms with Crippen LogP contribution >= 0.6 is 0 Å². The number of carboxylic acids is 1. The standard InChI is InChI=1S/C14H21N3O3/c1-9-12(8-16-17-9)3-2-6-15-13(18)10-4-5-11(7-10)14(19)20/h8,10-11H,2-7H2,1H3,(H,15,18)(H,16,17)(H,19,20)/t10-,11+/m1/s1. The third-order valence-electron chi connectivity index (χ3n) is 4.01. The van der Waals surface area contributed by atoms with E-state index in [0.717, 1.165) is 18.5 Å². The van der Waals surface area contributed by atoms with E-state index in [1.54, 1.807) is 0 Å². The van der Waals surface area contributed by atoms with Crippen molar-refractivity contribution < 1.29 is 14.7 Å². The minimum Gasteiger partial charge on any atom is -0.481 e. The maximum atomic E-state index is 11.9. The molecule has 20 heavy (non-hydrogen) atoms. The lowest BCUT2D eigenvalue weighted by atomic mass is 10.0. The minimum absolute atomic E-state index is 0.00216. The number of carbonyl (C=O) groups excluding carboxylic acids is 1. The molecule has 0 bridgehead atoms. The van der Waals surface area contributed by atoms with Crippen LogP contribution in [0.2, 0.25) is 0 Å². The molecule has 1 heterocycles. The summed E-state index contributed by atoms with van der Waals surface area (Å²) in [5.41, 5.74) is 2.24. The normalized spacial score (nSPS) is 21.9. The fourth-order valence-electron chi connectivity index (χ4n) is 2.71. The number of H-pyrrole nitrogens is 1. The molecule has 0 spiro atoms. The summed E-state index contributed by atoms with van der Waals surface area (Å²) in [6.07, 6.45) is 5.32. The first-order chi connectivity index (χ1) is 9.58. The van der Waals surface area contributed by atoms with Crippen molar-refractivity contribution >= 4 is 11.9 Å². The van der Waals surface area contributed by atoms with Crippen molar-refractivity contribution in [2.45, 2.75) is 39.0 Å². The molecule has 1 aliphatic carbocycles. The topological polar surface area (TPSA) is 95.1 Å². The van der Waals surface area contributed by atoms with E-state index in [-0.39, 0.29) is 17.7 Å². The first-order valence-electron chi connectivity index (χ1n) is 7.07. The van der Waals surface area contributed by atoms with Crippen LogP contribution in [0.25, 0.3) is 0 Å². The lowest BCUT2D eigenvalue weighted by Crippen LogP contribution is -2.30. The molecule has 3 N–H and O–H groups in total. The summed E-state index contributed by atoms with van der Waals surface area (Å²) in [4.78, 5) is 22.8. The average molecular weight is 279 g/mol. The van der Waals surface area contributed by atoms with E-state index in [1.165, 1.54) is 5.56 Å². The number of aliphatic carboxylic acids is 1. The van der Waals surface area contributed by atoms with Gasteiger partial charge in [-0.05, 0) is 44.6 Å². The number of amides is 1. The number of hydrogen-bond donors (Lipinski definition) is 3.